The Kier molecular flexibility index (Phi) is 5.50. The molecule has 24 heavy (non-hydrogen) atoms. The first-order valence-electron chi connectivity index (χ1n) is 7.12. The highest BCUT2D eigenvalue weighted by atomic mass is 16.2. The van der Waals surface area contributed by atoms with Crippen LogP contribution in [0.1, 0.15) is 11.1 Å². The summed E-state index contributed by atoms with van der Waals surface area (Å²) in [6.07, 6.45) is 5.31. The molecule has 4 amide bonds. The molecule has 0 unspecified atom stereocenters. The highest BCUT2D eigenvalue weighted by molar-refractivity contribution is 6.05. The Bertz CT molecular complexity index is 697. The van der Waals surface area contributed by atoms with Gasteiger partial charge in [0.25, 0.3) is 0 Å². The van der Waals surface area contributed by atoms with E-state index in [0.29, 0.717) is 6.54 Å². The molecule has 0 radical (unpaired) electrons. The molecule has 0 atom stereocenters. The van der Waals surface area contributed by atoms with Crippen molar-refractivity contribution < 1.29 is 14.4 Å². The number of primary amides is 2. The summed E-state index contributed by atoms with van der Waals surface area (Å²) in [5.41, 5.74) is 11.9. The predicted octanol–water partition coefficient (Wildman–Crippen LogP) is -0.930. The fourth-order valence-electron chi connectivity index (χ4n) is 2.00. The molecule has 0 aliphatic carbocycles. The van der Waals surface area contributed by atoms with Crippen molar-refractivity contribution in [3.63, 3.8) is 0 Å². The summed E-state index contributed by atoms with van der Waals surface area (Å²) in [4.78, 5) is 37.6. The molecule has 9 nitrogen and oxygen atoms in total. The van der Waals surface area contributed by atoms with E-state index in [1.165, 1.54) is 0 Å². The summed E-state index contributed by atoms with van der Waals surface area (Å²) in [7, 11) is 0. The third-order valence-corrected chi connectivity index (χ3v) is 3.24. The molecule has 0 saturated carbocycles. The van der Waals surface area contributed by atoms with E-state index in [2.05, 4.69) is 15.6 Å². The third-order valence-electron chi connectivity index (χ3n) is 3.24. The van der Waals surface area contributed by atoms with Crippen LogP contribution in [0.25, 0.3) is 0 Å². The Morgan fingerprint density at radius 2 is 1.71 bits per heavy atom. The molecular formula is C15H18N6O3. The topological polar surface area (TPSA) is 145 Å². The summed E-state index contributed by atoms with van der Waals surface area (Å²) < 4.78 is 1.94. The highest BCUT2D eigenvalue weighted by Gasteiger charge is 2.23. The van der Waals surface area contributed by atoms with Crippen LogP contribution in [0.5, 0.6) is 0 Å². The Hall–Kier alpha value is -3.36. The second kappa shape index (κ2) is 7.77. The third kappa shape index (κ3) is 4.83. The number of urea groups is 1. The van der Waals surface area contributed by atoms with Crippen LogP contribution in [0.15, 0.2) is 43.0 Å². The molecule has 6 N–H and O–H groups in total. The number of carbonyl (C=O) groups is 3. The smallest absolute Gasteiger partial charge is 0.316 e. The van der Waals surface area contributed by atoms with E-state index in [4.69, 9.17) is 11.5 Å². The number of nitrogens with one attached hydrogen (secondary N) is 2. The summed E-state index contributed by atoms with van der Waals surface area (Å²) in [6.45, 7) is 0.925. The van der Waals surface area contributed by atoms with Crippen molar-refractivity contribution in [2.75, 3.05) is 0 Å². The van der Waals surface area contributed by atoms with Crippen molar-refractivity contribution in [1.29, 1.82) is 0 Å². The standard InChI is InChI=1S/C15H18N6O3/c16-13(22)12(14(17)23)20-15(24)19-7-10-1-3-11(4-2-10)8-21-6-5-18-9-21/h1-6,9,12H,7-8H2,(H2,16,22)(H2,17,23)(H2,19,20,24). The van der Waals surface area contributed by atoms with E-state index in [1.807, 2.05) is 35.0 Å². The fourth-order valence-corrected chi connectivity index (χ4v) is 2.00. The first kappa shape index (κ1) is 17.0. The average molecular weight is 330 g/mol. The molecule has 1 aromatic heterocycles. The number of rotatable bonds is 7. The Labute approximate surface area is 138 Å². The molecule has 0 fully saturated rings. The normalized spacial score (nSPS) is 10.4. The van der Waals surface area contributed by atoms with Crippen LogP contribution < -0.4 is 22.1 Å². The maximum atomic E-state index is 11.7. The molecule has 1 heterocycles. The first-order valence-corrected chi connectivity index (χ1v) is 7.12. The zero-order valence-electron chi connectivity index (χ0n) is 12.8. The van der Waals surface area contributed by atoms with E-state index >= 15 is 0 Å². The van der Waals surface area contributed by atoms with Crippen LogP contribution in [0.3, 0.4) is 0 Å². The number of carbonyl (C=O) groups excluding carboxylic acids is 3. The van der Waals surface area contributed by atoms with Gasteiger partial charge in [0.15, 0.2) is 6.04 Å². The van der Waals surface area contributed by atoms with Gasteiger partial charge in [0.05, 0.1) is 6.33 Å². The van der Waals surface area contributed by atoms with Gasteiger partial charge in [0.2, 0.25) is 11.8 Å². The number of imidazole rings is 1. The quantitative estimate of drug-likeness (QED) is 0.486. The molecule has 2 rings (SSSR count). The van der Waals surface area contributed by atoms with Gasteiger partial charge in [-0.1, -0.05) is 24.3 Å². The fraction of sp³-hybridized carbons (Fsp3) is 0.200. The van der Waals surface area contributed by atoms with Crippen LogP contribution in [0.4, 0.5) is 4.79 Å². The minimum absolute atomic E-state index is 0.224. The zero-order valence-corrected chi connectivity index (χ0v) is 12.8. The summed E-state index contributed by atoms with van der Waals surface area (Å²) in [5.74, 6) is -2.02. The minimum Gasteiger partial charge on any atom is -0.367 e. The van der Waals surface area contributed by atoms with Gasteiger partial charge < -0.3 is 26.7 Å². The number of nitrogens with two attached hydrogens (primary N) is 2. The summed E-state index contributed by atoms with van der Waals surface area (Å²) >= 11 is 0. The summed E-state index contributed by atoms with van der Waals surface area (Å²) in [6, 6.07) is 5.36. The van der Waals surface area contributed by atoms with Crippen LogP contribution >= 0.6 is 0 Å². The number of nitrogens with zero attached hydrogens (tertiary/aromatic N) is 2. The maximum absolute atomic E-state index is 11.7. The van der Waals surface area contributed by atoms with Gasteiger partial charge in [0.1, 0.15) is 0 Å². The Morgan fingerprint density at radius 1 is 1.08 bits per heavy atom. The Morgan fingerprint density at radius 3 is 2.25 bits per heavy atom. The number of benzene rings is 1. The molecule has 2 aromatic rings. The minimum atomic E-state index is -1.54. The molecule has 9 heteroatoms. The largest absolute Gasteiger partial charge is 0.367 e. The molecule has 0 bridgehead atoms. The molecule has 0 saturated heterocycles. The van der Waals surface area contributed by atoms with Crippen LogP contribution in [-0.2, 0) is 22.7 Å². The number of amides is 4. The van der Waals surface area contributed by atoms with Gasteiger partial charge in [-0.25, -0.2) is 9.78 Å². The lowest BCUT2D eigenvalue weighted by Gasteiger charge is -2.13. The SMILES string of the molecule is NC(=O)C(NC(=O)NCc1ccc(Cn2ccnc2)cc1)C(N)=O. The zero-order chi connectivity index (χ0) is 17.5. The molecule has 1 aromatic carbocycles. The van der Waals surface area contributed by atoms with Crippen LogP contribution in [0.2, 0.25) is 0 Å². The predicted molar refractivity (Wildman–Crippen MR) is 85.3 cm³/mol. The second-order valence-corrected chi connectivity index (χ2v) is 5.12. The van der Waals surface area contributed by atoms with Crippen molar-refractivity contribution in [3.8, 4) is 0 Å². The van der Waals surface area contributed by atoms with E-state index in [9.17, 15) is 14.4 Å². The van der Waals surface area contributed by atoms with Crippen molar-refractivity contribution in [2.24, 2.45) is 11.5 Å². The van der Waals surface area contributed by atoms with Gasteiger partial charge >= 0.3 is 6.03 Å². The van der Waals surface area contributed by atoms with Gasteiger partial charge in [-0.05, 0) is 11.1 Å². The molecule has 126 valence electrons. The van der Waals surface area contributed by atoms with Crippen LogP contribution in [-0.4, -0.2) is 33.4 Å². The molecule has 0 spiro atoms. The van der Waals surface area contributed by atoms with Crippen molar-refractivity contribution in [1.82, 2.24) is 20.2 Å². The average Bonchev–Trinajstić information content (AvgIpc) is 3.04. The summed E-state index contributed by atoms with van der Waals surface area (Å²) in [5, 5.41) is 4.64. The van der Waals surface area contributed by atoms with Crippen LogP contribution in [0, 0.1) is 0 Å². The van der Waals surface area contributed by atoms with Gasteiger partial charge in [-0.2, -0.15) is 0 Å². The number of hydrogen-bond donors (Lipinski definition) is 4. The van der Waals surface area contributed by atoms with Crippen molar-refractivity contribution >= 4 is 17.8 Å². The highest BCUT2D eigenvalue weighted by Crippen LogP contribution is 2.06. The van der Waals surface area contributed by atoms with E-state index < -0.39 is 23.9 Å². The maximum Gasteiger partial charge on any atom is 0.316 e. The lowest BCUT2D eigenvalue weighted by atomic mass is 10.1. The Balaban J connectivity index is 1.84. The van der Waals surface area contributed by atoms with E-state index in [0.717, 1.165) is 11.1 Å². The lowest BCUT2D eigenvalue weighted by Crippen LogP contribution is -2.54. The molecular weight excluding hydrogens is 312 g/mol. The molecule has 0 aliphatic heterocycles. The monoisotopic (exact) mass is 330 g/mol. The van der Waals surface area contributed by atoms with Crippen molar-refractivity contribution in [3.05, 3.63) is 54.1 Å². The van der Waals surface area contributed by atoms with E-state index in [-0.39, 0.29) is 6.54 Å². The van der Waals surface area contributed by atoms with Gasteiger partial charge in [0, 0.05) is 25.5 Å². The number of aromatic nitrogens is 2. The van der Waals surface area contributed by atoms with Gasteiger partial charge in [-0.15, -0.1) is 0 Å². The van der Waals surface area contributed by atoms with Crippen molar-refractivity contribution in [2.45, 2.75) is 19.1 Å². The number of hydrogen-bond acceptors (Lipinski definition) is 4. The second-order valence-electron chi connectivity index (χ2n) is 5.12. The lowest BCUT2D eigenvalue weighted by molar-refractivity contribution is -0.128. The molecule has 0 aliphatic rings. The van der Waals surface area contributed by atoms with E-state index in [1.54, 1.807) is 12.5 Å². The van der Waals surface area contributed by atoms with Gasteiger partial charge in [-0.3, -0.25) is 9.59 Å². The first-order chi connectivity index (χ1) is 11.5.